The van der Waals surface area contributed by atoms with E-state index in [-0.39, 0.29) is 17.5 Å². The molecule has 25 heavy (non-hydrogen) atoms. The molecule has 0 aliphatic carbocycles. The van der Waals surface area contributed by atoms with Crippen LogP contribution in [0.3, 0.4) is 0 Å². The quantitative estimate of drug-likeness (QED) is 0.774. The molecule has 3 rings (SSSR count). The molecule has 0 fully saturated rings. The molecule has 130 valence electrons. The Hall–Kier alpha value is -2.47. The number of hydrogen-bond donors (Lipinski definition) is 1. The molecular formula is C19H20N2O3S. The van der Waals surface area contributed by atoms with Crippen molar-refractivity contribution in [3.05, 3.63) is 51.4 Å². The Labute approximate surface area is 149 Å². The van der Waals surface area contributed by atoms with Crippen LogP contribution in [-0.2, 0) is 16.8 Å². The summed E-state index contributed by atoms with van der Waals surface area (Å²) < 4.78 is 1.14. The maximum atomic E-state index is 12.8. The third-order valence-corrected chi connectivity index (χ3v) is 5.21. The predicted molar refractivity (Wildman–Crippen MR) is 100 cm³/mol. The van der Waals surface area contributed by atoms with Gasteiger partial charge in [-0.2, -0.15) is 0 Å². The summed E-state index contributed by atoms with van der Waals surface area (Å²) in [7, 11) is 0. The molecule has 0 aliphatic heterocycles. The average Bonchev–Trinajstić information content (AvgIpc) is 2.86. The Bertz CT molecular complexity index is 1010. The lowest BCUT2D eigenvalue weighted by atomic mass is 9.86. The van der Waals surface area contributed by atoms with Gasteiger partial charge in [-0.3, -0.25) is 14.2 Å². The van der Waals surface area contributed by atoms with Crippen LogP contribution < -0.4 is 5.56 Å². The number of carboxylic acids is 1. The van der Waals surface area contributed by atoms with Crippen molar-refractivity contribution < 1.29 is 9.90 Å². The third-order valence-electron chi connectivity index (χ3n) is 4.20. The summed E-state index contributed by atoms with van der Waals surface area (Å²) in [5, 5.41) is 9.47. The van der Waals surface area contributed by atoms with E-state index in [1.54, 1.807) is 0 Å². The third kappa shape index (κ3) is 3.22. The number of carboxylic acid groups (broad SMARTS) is 1. The molecule has 1 aromatic carbocycles. The van der Waals surface area contributed by atoms with Gasteiger partial charge >= 0.3 is 5.97 Å². The number of benzene rings is 1. The van der Waals surface area contributed by atoms with E-state index >= 15 is 0 Å². The van der Waals surface area contributed by atoms with Crippen LogP contribution in [0.4, 0.5) is 0 Å². The lowest BCUT2D eigenvalue weighted by molar-refractivity contribution is -0.137. The molecule has 6 heteroatoms. The number of thiophene rings is 1. The van der Waals surface area contributed by atoms with Crippen molar-refractivity contribution >= 4 is 27.5 Å². The predicted octanol–water partition coefficient (Wildman–Crippen LogP) is 3.82. The van der Waals surface area contributed by atoms with E-state index in [4.69, 9.17) is 5.11 Å². The Morgan fingerprint density at radius 3 is 2.44 bits per heavy atom. The van der Waals surface area contributed by atoms with Crippen LogP contribution >= 0.6 is 11.3 Å². The van der Waals surface area contributed by atoms with Crippen molar-refractivity contribution in [3.63, 3.8) is 0 Å². The standard InChI is InChI=1S/C19H20N2O3S/c1-11-15(12-5-7-13(8-6-12)19(2,3)4)16-17(25-11)20-10-21(18(16)24)9-14(22)23/h5-8,10H,9H2,1-4H3,(H,22,23). The molecule has 0 unspecified atom stereocenters. The van der Waals surface area contributed by atoms with Gasteiger partial charge in [-0.25, -0.2) is 4.98 Å². The van der Waals surface area contributed by atoms with Crippen molar-refractivity contribution in [1.82, 2.24) is 9.55 Å². The summed E-state index contributed by atoms with van der Waals surface area (Å²) in [5.74, 6) is -1.06. The van der Waals surface area contributed by atoms with Gasteiger partial charge in [0.15, 0.2) is 0 Å². The van der Waals surface area contributed by atoms with E-state index in [0.717, 1.165) is 20.6 Å². The maximum Gasteiger partial charge on any atom is 0.323 e. The van der Waals surface area contributed by atoms with Gasteiger partial charge in [0.25, 0.3) is 5.56 Å². The summed E-state index contributed by atoms with van der Waals surface area (Å²) in [5.41, 5.74) is 2.75. The average molecular weight is 356 g/mol. The summed E-state index contributed by atoms with van der Waals surface area (Å²) >= 11 is 1.45. The first-order valence-corrected chi connectivity index (χ1v) is 8.81. The number of aryl methyl sites for hydroxylation is 1. The van der Waals surface area contributed by atoms with Crippen molar-refractivity contribution in [2.45, 2.75) is 39.7 Å². The zero-order valence-electron chi connectivity index (χ0n) is 14.7. The highest BCUT2D eigenvalue weighted by atomic mass is 32.1. The van der Waals surface area contributed by atoms with Gasteiger partial charge in [0.1, 0.15) is 11.4 Å². The lowest BCUT2D eigenvalue weighted by Crippen LogP contribution is -2.24. The molecule has 2 aromatic heterocycles. The molecule has 0 bridgehead atoms. The molecule has 0 saturated heterocycles. The fourth-order valence-electron chi connectivity index (χ4n) is 2.88. The van der Waals surface area contributed by atoms with Crippen LogP contribution in [-0.4, -0.2) is 20.6 Å². The summed E-state index contributed by atoms with van der Waals surface area (Å²) in [6, 6.07) is 8.18. The van der Waals surface area contributed by atoms with Gasteiger partial charge in [0.2, 0.25) is 0 Å². The minimum Gasteiger partial charge on any atom is -0.480 e. The Morgan fingerprint density at radius 1 is 1.24 bits per heavy atom. The monoisotopic (exact) mass is 356 g/mol. The second-order valence-corrected chi connectivity index (χ2v) is 8.32. The maximum absolute atomic E-state index is 12.8. The van der Waals surface area contributed by atoms with Gasteiger partial charge in [0.05, 0.1) is 11.7 Å². The van der Waals surface area contributed by atoms with E-state index in [9.17, 15) is 9.59 Å². The summed E-state index contributed by atoms with van der Waals surface area (Å²) in [6.45, 7) is 8.03. The number of carbonyl (C=O) groups is 1. The van der Waals surface area contributed by atoms with Crippen LogP contribution in [0.15, 0.2) is 35.4 Å². The number of aromatic nitrogens is 2. The zero-order valence-corrected chi connectivity index (χ0v) is 15.5. The second kappa shape index (κ2) is 6.11. The topological polar surface area (TPSA) is 72.2 Å². The van der Waals surface area contributed by atoms with Crippen LogP contribution in [0.25, 0.3) is 21.3 Å². The summed E-state index contributed by atoms with van der Waals surface area (Å²) in [4.78, 5) is 29.6. The summed E-state index contributed by atoms with van der Waals surface area (Å²) in [6.07, 6.45) is 1.31. The number of rotatable bonds is 3. The normalized spacial score (nSPS) is 11.8. The van der Waals surface area contributed by atoms with Crippen LogP contribution in [0, 0.1) is 6.92 Å². The molecule has 0 spiro atoms. The minimum absolute atomic E-state index is 0.0556. The molecule has 2 heterocycles. The fraction of sp³-hybridized carbons (Fsp3) is 0.316. The number of nitrogens with zero attached hydrogens (tertiary/aromatic N) is 2. The zero-order chi connectivity index (χ0) is 18.4. The molecule has 0 amide bonds. The molecule has 3 aromatic rings. The van der Waals surface area contributed by atoms with Crippen LogP contribution in [0.2, 0.25) is 0 Å². The Balaban J connectivity index is 2.20. The molecule has 0 radical (unpaired) electrons. The van der Waals surface area contributed by atoms with Gasteiger partial charge in [0, 0.05) is 10.4 Å². The molecule has 0 atom stereocenters. The first kappa shape index (κ1) is 17.4. The van der Waals surface area contributed by atoms with Crippen molar-refractivity contribution in [1.29, 1.82) is 0 Å². The van der Waals surface area contributed by atoms with Crippen molar-refractivity contribution in [2.75, 3.05) is 0 Å². The van der Waals surface area contributed by atoms with Gasteiger partial charge in [-0.1, -0.05) is 45.0 Å². The van der Waals surface area contributed by atoms with E-state index in [1.165, 1.54) is 23.2 Å². The van der Waals surface area contributed by atoms with E-state index in [0.29, 0.717) is 10.2 Å². The minimum atomic E-state index is -1.06. The molecular weight excluding hydrogens is 336 g/mol. The van der Waals surface area contributed by atoms with Gasteiger partial charge in [-0.15, -0.1) is 11.3 Å². The van der Waals surface area contributed by atoms with E-state index < -0.39 is 5.97 Å². The van der Waals surface area contributed by atoms with Crippen molar-refractivity contribution in [2.24, 2.45) is 0 Å². The molecule has 1 N–H and O–H groups in total. The second-order valence-electron chi connectivity index (χ2n) is 7.11. The number of fused-ring (bicyclic) bond motifs is 1. The molecule has 5 nitrogen and oxygen atoms in total. The van der Waals surface area contributed by atoms with Crippen molar-refractivity contribution in [3.8, 4) is 11.1 Å². The molecule has 0 saturated carbocycles. The Kier molecular flexibility index (Phi) is 4.24. The first-order chi connectivity index (χ1) is 11.7. The number of aliphatic carboxylic acids is 1. The smallest absolute Gasteiger partial charge is 0.323 e. The lowest BCUT2D eigenvalue weighted by Gasteiger charge is -2.19. The highest BCUT2D eigenvalue weighted by molar-refractivity contribution is 7.19. The highest BCUT2D eigenvalue weighted by Gasteiger charge is 2.19. The highest BCUT2D eigenvalue weighted by Crippen LogP contribution is 2.36. The van der Waals surface area contributed by atoms with Crippen LogP contribution in [0.5, 0.6) is 0 Å². The van der Waals surface area contributed by atoms with E-state index in [1.807, 2.05) is 19.1 Å². The largest absolute Gasteiger partial charge is 0.480 e. The van der Waals surface area contributed by atoms with Gasteiger partial charge < -0.3 is 5.11 Å². The van der Waals surface area contributed by atoms with Gasteiger partial charge in [-0.05, 0) is 23.5 Å². The number of hydrogen-bond acceptors (Lipinski definition) is 4. The van der Waals surface area contributed by atoms with E-state index in [2.05, 4.69) is 37.9 Å². The SMILES string of the molecule is Cc1sc2ncn(CC(=O)O)c(=O)c2c1-c1ccc(C(C)(C)C)cc1. The van der Waals surface area contributed by atoms with Crippen LogP contribution in [0.1, 0.15) is 31.2 Å². The fourth-order valence-corrected chi connectivity index (χ4v) is 3.88. The first-order valence-electron chi connectivity index (χ1n) is 7.99. The Morgan fingerprint density at radius 2 is 1.88 bits per heavy atom. The molecule has 0 aliphatic rings.